The molecule has 15 heavy (non-hydrogen) atoms. The predicted octanol–water partition coefficient (Wildman–Crippen LogP) is 2.15. The van der Waals surface area contributed by atoms with Crippen LogP contribution in [-0.2, 0) is 9.47 Å². The van der Waals surface area contributed by atoms with Crippen molar-refractivity contribution in [1.29, 1.82) is 0 Å². The lowest BCUT2D eigenvalue weighted by molar-refractivity contribution is 0.0270. The topological polar surface area (TPSA) is 35.5 Å². The fourth-order valence-electron chi connectivity index (χ4n) is 1.36. The highest BCUT2D eigenvalue weighted by Gasteiger charge is 2.14. The largest absolute Gasteiger partial charge is 0.494 e. The van der Waals surface area contributed by atoms with Crippen LogP contribution < -0.4 is 0 Å². The molecule has 1 atom stereocenters. The highest BCUT2D eigenvalue weighted by molar-refractivity contribution is 5.89. The monoisotopic (exact) mass is 204 g/mol. The summed E-state index contributed by atoms with van der Waals surface area (Å²) in [6, 6.07) is 8.95. The zero-order chi connectivity index (χ0) is 10.5. The molecule has 0 fully saturated rings. The maximum atomic E-state index is 11.5. The van der Waals surface area contributed by atoms with Crippen LogP contribution in [-0.4, -0.2) is 18.7 Å². The van der Waals surface area contributed by atoms with Gasteiger partial charge in [0.2, 0.25) is 0 Å². The Hall–Kier alpha value is -1.77. The highest BCUT2D eigenvalue weighted by atomic mass is 16.6. The quantitative estimate of drug-likeness (QED) is 0.707. The van der Waals surface area contributed by atoms with Crippen LogP contribution in [0.5, 0.6) is 0 Å². The van der Waals surface area contributed by atoms with E-state index in [0.717, 1.165) is 6.42 Å². The van der Waals surface area contributed by atoms with Gasteiger partial charge in [0.1, 0.15) is 12.7 Å². The molecule has 3 heteroatoms. The van der Waals surface area contributed by atoms with Crippen molar-refractivity contribution in [1.82, 2.24) is 0 Å². The molecule has 3 nitrogen and oxygen atoms in total. The average molecular weight is 204 g/mol. The van der Waals surface area contributed by atoms with Crippen LogP contribution in [0.2, 0.25) is 0 Å². The van der Waals surface area contributed by atoms with Crippen LogP contribution >= 0.6 is 0 Å². The first-order valence-electron chi connectivity index (χ1n) is 4.89. The molecule has 1 aliphatic heterocycles. The van der Waals surface area contributed by atoms with E-state index in [1.807, 2.05) is 24.3 Å². The Kier molecular flexibility index (Phi) is 3.02. The van der Waals surface area contributed by atoms with Crippen LogP contribution in [0.25, 0.3) is 0 Å². The molecule has 78 valence electrons. The minimum atomic E-state index is -0.300. The van der Waals surface area contributed by atoms with Gasteiger partial charge in [-0.2, -0.15) is 0 Å². The van der Waals surface area contributed by atoms with Gasteiger partial charge in [-0.3, -0.25) is 0 Å². The SMILES string of the molecule is O=C(OCC1CC=CO1)c1ccccc1. The number of hydrogen-bond donors (Lipinski definition) is 0. The third kappa shape index (κ3) is 2.59. The Balaban J connectivity index is 1.82. The second kappa shape index (κ2) is 4.64. The van der Waals surface area contributed by atoms with E-state index < -0.39 is 0 Å². The van der Waals surface area contributed by atoms with Crippen molar-refractivity contribution < 1.29 is 14.3 Å². The molecule has 0 bridgehead atoms. The molecule has 1 aromatic rings. The summed E-state index contributed by atoms with van der Waals surface area (Å²) in [6.07, 6.45) is 4.35. The molecule has 0 saturated carbocycles. The molecule has 0 N–H and O–H groups in total. The van der Waals surface area contributed by atoms with E-state index >= 15 is 0 Å². The van der Waals surface area contributed by atoms with E-state index in [1.165, 1.54) is 0 Å². The van der Waals surface area contributed by atoms with Crippen LogP contribution in [0.3, 0.4) is 0 Å². The van der Waals surface area contributed by atoms with E-state index in [2.05, 4.69) is 0 Å². The Morgan fingerprint density at radius 3 is 2.87 bits per heavy atom. The first kappa shape index (κ1) is 9.77. The number of carbonyl (C=O) groups excluding carboxylic acids is 1. The summed E-state index contributed by atoms with van der Waals surface area (Å²) >= 11 is 0. The van der Waals surface area contributed by atoms with Crippen LogP contribution in [0.4, 0.5) is 0 Å². The number of ether oxygens (including phenoxy) is 2. The summed E-state index contributed by atoms with van der Waals surface area (Å²) in [5.74, 6) is -0.300. The van der Waals surface area contributed by atoms with Crippen molar-refractivity contribution in [2.45, 2.75) is 12.5 Å². The molecule has 0 amide bonds. The molecule has 0 saturated heterocycles. The Morgan fingerprint density at radius 1 is 1.40 bits per heavy atom. The number of rotatable bonds is 3. The molecule has 1 aliphatic rings. The molecular weight excluding hydrogens is 192 g/mol. The molecule has 0 radical (unpaired) electrons. The fraction of sp³-hybridized carbons (Fsp3) is 0.250. The van der Waals surface area contributed by atoms with Gasteiger partial charge in [-0.15, -0.1) is 0 Å². The Morgan fingerprint density at radius 2 is 2.20 bits per heavy atom. The van der Waals surface area contributed by atoms with Crippen molar-refractivity contribution in [3.8, 4) is 0 Å². The summed E-state index contributed by atoms with van der Waals surface area (Å²) in [5, 5.41) is 0. The van der Waals surface area contributed by atoms with Gasteiger partial charge in [-0.25, -0.2) is 4.79 Å². The Labute approximate surface area is 88.3 Å². The molecule has 0 aromatic heterocycles. The maximum absolute atomic E-state index is 11.5. The number of hydrogen-bond acceptors (Lipinski definition) is 3. The van der Waals surface area contributed by atoms with Crippen LogP contribution in [0.15, 0.2) is 42.7 Å². The first-order valence-corrected chi connectivity index (χ1v) is 4.89. The van der Waals surface area contributed by atoms with Gasteiger partial charge < -0.3 is 9.47 Å². The summed E-state index contributed by atoms with van der Waals surface area (Å²) in [6.45, 7) is 0.306. The smallest absolute Gasteiger partial charge is 0.338 e. The minimum absolute atomic E-state index is 0.0161. The van der Waals surface area contributed by atoms with Gasteiger partial charge >= 0.3 is 5.97 Å². The first-order chi connectivity index (χ1) is 7.36. The normalized spacial score (nSPS) is 18.5. The van der Waals surface area contributed by atoms with E-state index in [4.69, 9.17) is 9.47 Å². The van der Waals surface area contributed by atoms with Gasteiger partial charge in [0.25, 0.3) is 0 Å². The van der Waals surface area contributed by atoms with Crippen LogP contribution in [0.1, 0.15) is 16.8 Å². The van der Waals surface area contributed by atoms with Crippen molar-refractivity contribution in [2.24, 2.45) is 0 Å². The van der Waals surface area contributed by atoms with Crippen LogP contribution in [0, 0.1) is 0 Å². The summed E-state index contributed by atoms with van der Waals surface area (Å²) < 4.78 is 10.3. The van der Waals surface area contributed by atoms with Gasteiger partial charge in [0.15, 0.2) is 0 Å². The molecular formula is C12H12O3. The predicted molar refractivity (Wildman–Crippen MR) is 55.4 cm³/mol. The lowest BCUT2D eigenvalue weighted by Gasteiger charge is -2.10. The van der Waals surface area contributed by atoms with E-state index in [-0.39, 0.29) is 12.1 Å². The standard InChI is InChI=1S/C12H12O3/c13-12(10-5-2-1-3-6-10)15-9-11-7-4-8-14-11/h1-6,8,11H,7,9H2. The third-order valence-electron chi connectivity index (χ3n) is 2.18. The zero-order valence-corrected chi connectivity index (χ0v) is 8.26. The summed E-state index contributed by atoms with van der Waals surface area (Å²) in [5.41, 5.74) is 0.573. The fourth-order valence-corrected chi connectivity index (χ4v) is 1.36. The van der Waals surface area contributed by atoms with Crippen molar-refractivity contribution in [3.63, 3.8) is 0 Å². The molecule has 0 aliphatic carbocycles. The number of carbonyl (C=O) groups is 1. The van der Waals surface area contributed by atoms with Crippen molar-refractivity contribution >= 4 is 5.97 Å². The maximum Gasteiger partial charge on any atom is 0.338 e. The number of esters is 1. The van der Waals surface area contributed by atoms with E-state index in [1.54, 1.807) is 18.4 Å². The second-order valence-electron chi connectivity index (χ2n) is 3.33. The lowest BCUT2D eigenvalue weighted by Crippen LogP contribution is -2.17. The lowest BCUT2D eigenvalue weighted by atomic mass is 10.2. The minimum Gasteiger partial charge on any atom is -0.494 e. The highest BCUT2D eigenvalue weighted by Crippen LogP contribution is 2.10. The molecule has 0 spiro atoms. The summed E-state index contributed by atoms with van der Waals surface area (Å²) in [4.78, 5) is 11.5. The molecule has 1 heterocycles. The van der Waals surface area contributed by atoms with Gasteiger partial charge in [0, 0.05) is 6.42 Å². The summed E-state index contributed by atoms with van der Waals surface area (Å²) in [7, 11) is 0. The van der Waals surface area contributed by atoms with Gasteiger partial charge in [0.05, 0.1) is 11.8 Å². The average Bonchev–Trinajstić information content (AvgIpc) is 2.80. The van der Waals surface area contributed by atoms with Crippen molar-refractivity contribution in [3.05, 3.63) is 48.2 Å². The van der Waals surface area contributed by atoms with Crippen molar-refractivity contribution in [2.75, 3.05) is 6.61 Å². The van der Waals surface area contributed by atoms with Gasteiger partial charge in [-0.05, 0) is 18.2 Å². The van der Waals surface area contributed by atoms with E-state index in [0.29, 0.717) is 12.2 Å². The number of benzene rings is 1. The van der Waals surface area contributed by atoms with Gasteiger partial charge in [-0.1, -0.05) is 18.2 Å². The molecule has 1 aromatic carbocycles. The molecule has 2 rings (SSSR count). The van der Waals surface area contributed by atoms with E-state index in [9.17, 15) is 4.79 Å². The molecule has 1 unspecified atom stereocenters. The second-order valence-corrected chi connectivity index (χ2v) is 3.33. The zero-order valence-electron chi connectivity index (χ0n) is 8.26. The third-order valence-corrected chi connectivity index (χ3v) is 2.18. The Bertz CT molecular complexity index is 348.